The first-order valence-electron chi connectivity index (χ1n) is 8.03. The number of hydrogen-bond donors (Lipinski definition) is 1. The normalized spacial score (nSPS) is 19.7. The molecule has 2 unspecified atom stereocenters. The van der Waals surface area contributed by atoms with Crippen molar-refractivity contribution in [3.63, 3.8) is 0 Å². The van der Waals surface area contributed by atoms with Crippen LogP contribution in [0.25, 0.3) is 0 Å². The summed E-state index contributed by atoms with van der Waals surface area (Å²) in [7, 11) is 1.48. The molecule has 1 fully saturated rings. The Morgan fingerprint density at radius 1 is 1.45 bits per heavy atom. The lowest BCUT2D eigenvalue weighted by molar-refractivity contribution is -0.148. The van der Waals surface area contributed by atoms with Crippen molar-refractivity contribution < 1.29 is 9.53 Å². The van der Waals surface area contributed by atoms with E-state index in [0.717, 1.165) is 26.1 Å². The fourth-order valence-corrected chi connectivity index (χ4v) is 2.47. The zero-order valence-corrected chi connectivity index (χ0v) is 13.9. The van der Waals surface area contributed by atoms with Crippen LogP contribution in [0.3, 0.4) is 0 Å². The number of ether oxygens (including phenoxy) is 1. The molecule has 0 aromatic rings. The first-order valence-corrected chi connectivity index (χ1v) is 8.03. The smallest absolute Gasteiger partial charge is 0.325 e. The molecular weight excluding hydrogens is 252 g/mol. The van der Waals surface area contributed by atoms with Crippen LogP contribution in [-0.4, -0.2) is 49.2 Å². The van der Waals surface area contributed by atoms with Crippen molar-refractivity contribution >= 4 is 5.97 Å². The van der Waals surface area contributed by atoms with Crippen LogP contribution < -0.4 is 5.32 Å². The lowest BCUT2D eigenvalue weighted by Crippen LogP contribution is -2.53. The van der Waals surface area contributed by atoms with Crippen molar-refractivity contribution in [1.82, 2.24) is 10.2 Å². The Hall–Kier alpha value is -0.610. The van der Waals surface area contributed by atoms with Crippen LogP contribution in [0.1, 0.15) is 53.4 Å². The molecule has 20 heavy (non-hydrogen) atoms. The fourth-order valence-electron chi connectivity index (χ4n) is 2.47. The summed E-state index contributed by atoms with van der Waals surface area (Å²) in [5.74, 6) is 0.569. The molecule has 0 heterocycles. The maximum atomic E-state index is 12.1. The van der Waals surface area contributed by atoms with Crippen molar-refractivity contribution in [3.05, 3.63) is 0 Å². The minimum absolute atomic E-state index is 0.135. The molecule has 0 bridgehead atoms. The highest BCUT2D eigenvalue weighted by Crippen LogP contribution is 2.25. The van der Waals surface area contributed by atoms with E-state index in [1.54, 1.807) is 0 Å². The SMILES string of the molecule is CCC(C)CN(CC)CCC(C)(NC1CC1)C(=O)OC. The molecule has 1 saturated carbocycles. The molecule has 118 valence electrons. The molecule has 1 rings (SSSR count). The highest BCUT2D eigenvalue weighted by atomic mass is 16.5. The average molecular weight is 284 g/mol. The summed E-state index contributed by atoms with van der Waals surface area (Å²) in [5.41, 5.74) is -0.543. The molecule has 0 aliphatic heterocycles. The Labute approximate surface area is 124 Å². The Kier molecular flexibility index (Phi) is 6.96. The summed E-state index contributed by atoms with van der Waals surface area (Å²) in [6, 6.07) is 0.503. The molecule has 0 amide bonds. The lowest BCUT2D eigenvalue weighted by atomic mass is 9.96. The van der Waals surface area contributed by atoms with Gasteiger partial charge in [0.25, 0.3) is 0 Å². The number of hydrogen-bond acceptors (Lipinski definition) is 4. The van der Waals surface area contributed by atoms with Gasteiger partial charge in [0.2, 0.25) is 0 Å². The topological polar surface area (TPSA) is 41.6 Å². The van der Waals surface area contributed by atoms with Crippen LogP contribution in [0.5, 0.6) is 0 Å². The van der Waals surface area contributed by atoms with Gasteiger partial charge >= 0.3 is 5.97 Å². The number of esters is 1. The minimum atomic E-state index is -0.543. The van der Waals surface area contributed by atoms with Gasteiger partial charge in [-0.25, -0.2) is 0 Å². The van der Waals surface area contributed by atoms with Gasteiger partial charge in [-0.05, 0) is 38.6 Å². The second kappa shape index (κ2) is 7.99. The van der Waals surface area contributed by atoms with Crippen molar-refractivity contribution in [2.75, 3.05) is 26.7 Å². The summed E-state index contributed by atoms with van der Waals surface area (Å²) >= 11 is 0. The van der Waals surface area contributed by atoms with E-state index in [9.17, 15) is 4.79 Å². The van der Waals surface area contributed by atoms with E-state index in [0.29, 0.717) is 12.0 Å². The Morgan fingerprint density at radius 2 is 2.10 bits per heavy atom. The maximum Gasteiger partial charge on any atom is 0.325 e. The van der Waals surface area contributed by atoms with Gasteiger partial charge in [0.05, 0.1) is 7.11 Å². The number of methoxy groups -OCH3 is 1. The van der Waals surface area contributed by atoms with Crippen molar-refractivity contribution in [3.8, 4) is 0 Å². The van der Waals surface area contributed by atoms with Crippen LogP contribution in [0.2, 0.25) is 0 Å². The largest absolute Gasteiger partial charge is 0.468 e. The van der Waals surface area contributed by atoms with Gasteiger partial charge in [-0.1, -0.05) is 27.2 Å². The molecule has 0 aromatic carbocycles. The van der Waals surface area contributed by atoms with Crippen LogP contribution in [0.15, 0.2) is 0 Å². The average Bonchev–Trinajstić information content (AvgIpc) is 3.25. The third-order valence-corrected chi connectivity index (χ3v) is 4.38. The van der Waals surface area contributed by atoms with E-state index in [4.69, 9.17) is 4.74 Å². The van der Waals surface area contributed by atoms with Gasteiger partial charge in [-0.2, -0.15) is 0 Å². The molecule has 0 aromatic heterocycles. The van der Waals surface area contributed by atoms with Gasteiger partial charge in [-0.3, -0.25) is 10.1 Å². The monoisotopic (exact) mass is 284 g/mol. The third kappa shape index (κ3) is 5.41. The van der Waals surface area contributed by atoms with Crippen molar-refractivity contribution in [2.24, 2.45) is 5.92 Å². The number of carbonyl (C=O) groups excluding carboxylic acids is 1. The molecule has 2 atom stereocenters. The third-order valence-electron chi connectivity index (χ3n) is 4.38. The quantitative estimate of drug-likeness (QED) is 0.626. The van der Waals surface area contributed by atoms with Crippen LogP contribution in [-0.2, 0) is 9.53 Å². The van der Waals surface area contributed by atoms with E-state index in [2.05, 4.69) is 31.0 Å². The second-order valence-electron chi connectivity index (χ2n) is 6.40. The molecule has 1 N–H and O–H groups in total. The van der Waals surface area contributed by atoms with Crippen molar-refractivity contribution in [1.29, 1.82) is 0 Å². The summed E-state index contributed by atoms with van der Waals surface area (Å²) < 4.78 is 4.99. The first-order chi connectivity index (χ1) is 9.45. The number of rotatable bonds is 10. The molecule has 1 aliphatic carbocycles. The van der Waals surface area contributed by atoms with E-state index in [1.807, 2.05) is 6.92 Å². The summed E-state index contributed by atoms with van der Waals surface area (Å²) in [6.07, 6.45) is 4.36. The molecular formula is C16H32N2O2. The maximum absolute atomic E-state index is 12.1. The van der Waals surface area contributed by atoms with E-state index >= 15 is 0 Å². The first kappa shape index (κ1) is 17.4. The van der Waals surface area contributed by atoms with Gasteiger partial charge in [0, 0.05) is 19.1 Å². The predicted octanol–water partition coefficient (Wildman–Crippen LogP) is 2.43. The van der Waals surface area contributed by atoms with Gasteiger partial charge in [0.15, 0.2) is 0 Å². The van der Waals surface area contributed by atoms with Gasteiger partial charge in [-0.15, -0.1) is 0 Å². The van der Waals surface area contributed by atoms with E-state index < -0.39 is 5.54 Å². The molecule has 4 heteroatoms. The zero-order chi connectivity index (χ0) is 15.2. The standard InChI is InChI=1S/C16H32N2O2/c1-6-13(3)12-18(7-2)11-10-16(4,15(19)20-5)17-14-8-9-14/h13-14,17H,6-12H2,1-5H3. The fraction of sp³-hybridized carbons (Fsp3) is 0.938. The molecule has 4 nitrogen and oxygen atoms in total. The summed E-state index contributed by atoms with van der Waals surface area (Å²) in [6.45, 7) is 11.8. The number of nitrogens with one attached hydrogen (secondary N) is 1. The minimum Gasteiger partial charge on any atom is -0.468 e. The van der Waals surface area contributed by atoms with Crippen LogP contribution in [0.4, 0.5) is 0 Å². The molecule has 0 saturated heterocycles. The van der Waals surface area contributed by atoms with E-state index in [-0.39, 0.29) is 5.97 Å². The Morgan fingerprint density at radius 3 is 2.55 bits per heavy atom. The Bertz CT molecular complexity index is 305. The highest BCUT2D eigenvalue weighted by molar-refractivity contribution is 5.80. The number of nitrogens with zero attached hydrogens (tertiary/aromatic N) is 1. The highest BCUT2D eigenvalue weighted by Gasteiger charge is 2.39. The van der Waals surface area contributed by atoms with Gasteiger partial charge in [0.1, 0.15) is 5.54 Å². The van der Waals surface area contributed by atoms with Crippen molar-refractivity contribution in [2.45, 2.75) is 65.0 Å². The Balaban J connectivity index is 2.52. The zero-order valence-electron chi connectivity index (χ0n) is 13.9. The lowest BCUT2D eigenvalue weighted by Gasteiger charge is -2.32. The summed E-state index contributed by atoms with van der Waals surface area (Å²) in [5, 5.41) is 3.46. The predicted molar refractivity (Wildman–Crippen MR) is 82.8 cm³/mol. The van der Waals surface area contributed by atoms with Crippen LogP contribution in [0, 0.1) is 5.92 Å². The number of carbonyl (C=O) groups is 1. The molecule has 0 radical (unpaired) electrons. The molecule has 0 spiro atoms. The second-order valence-corrected chi connectivity index (χ2v) is 6.40. The molecule has 1 aliphatic rings. The van der Waals surface area contributed by atoms with Gasteiger partial charge < -0.3 is 9.64 Å². The van der Waals surface area contributed by atoms with Crippen LogP contribution >= 0.6 is 0 Å². The summed E-state index contributed by atoms with van der Waals surface area (Å²) in [4.78, 5) is 14.5. The van der Waals surface area contributed by atoms with E-state index in [1.165, 1.54) is 26.4 Å².